The molecule has 7 heteroatoms. The maximum Gasteiger partial charge on any atom is 0.244 e. The predicted molar refractivity (Wildman–Crippen MR) is 88.5 cm³/mol. The molecule has 0 aliphatic heterocycles. The molecular formula is C14H22Cl2N2O2S. The second kappa shape index (κ2) is 7.29. The number of halogens is 2. The fraction of sp³-hybridized carbons (Fsp3) is 0.571. The van der Waals surface area contributed by atoms with Gasteiger partial charge in [0.15, 0.2) is 0 Å². The Morgan fingerprint density at radius 1 is 1.19 bits per heavy atom. The number of nitrogens with one attached hydrogen (secondary N) is 1. The molecule has 0 aromatic heterocycles. The molecule has 120 valence electrons. The van der Waals surface area contributed by atoms with Crippen LogP contribution in [0.25, 0.3) is 0 Å². The molecule has 21 heavy (non-hydrogen) atoms. The van der Waals surface area contributed by atoms with E-state index in [0.717, 1.165) is 0 Å². The van der Waals surface area contributed by atoms with Crippen molar-refractivity contribution in [1.29, 1.82) is 0 Å². The molecule has 1 rings (SSSR count). The van der Waals surface area contributed by atoms with Gasteiger partial charge in [-0.3, -0.25) is 0 Å². The number of hydrogen-bond donors (Lipinski definition) is 1. The van der Waals surface area contributed by atoms with Crippen molar-refractivity contribution in [2.24, 2.45) is 5.92 Å². The summed E-state index contributed by atoms with van der Waals surface area (Å²) < 4.78 is 26.8. The highest BCUT2D eigenvalue weighted by molar-refractivity contribution is 7.89. The summed E-state index contributed by atoms with van der Waals surface area (Å²) >= 11 is 12.2. The van der Waals surface area contributed by atoms with Gasteiger partial charge in [-0.05, 0) is 37.6 Å². The lowest BCUT2D eigenvalue weighted by Crippen LogP contribution is -2.38. The van der Waals surface area contributed by atoms with Crippen molar-refractivity contribution in [3.8, 4) is 0 Å². The van der Waals surface area contributed by atoms with Crippen molar-refractivity contribution in [2.75, 3.05) is 14.1 Å². The first-order chi connectivity index (χ1) is 9.62. The molecule has 1 unspecified atom stereocenters. The second-order valence-electron chi connectivity index (χ2n) is 5.41. The zero-order valence-electron chi connectivity index (χ0n) is 12.9. The largest absolute Gasteiger partial charge is 0.316 e. The Morgan fingerprint density at radius 3 is 2.24 bits per heavy atom. The molecule has 1 aromatic carbocycles. The maximum atomic E-state index is 12.7. The minimum atomic E-state index is -3.66. The lowest BCUT2D eigenvalue weighted by molar-refractivity contribution is 0.316. The Hall–Kier alpha value is -0.330. The molecule has 1 atom stereocenters. The summed E-state index contributed by atoms with van der Waals surface area (Å²) in [5.74, 6) is 0.202. The fourth-order valence-corrected chi connectivity index (χ4v) is 4.22. The van der Waals surface area contributed by atoms with E-state index in [1.807, 2.05) is 20.8 Å². The van der Waals surface area contributed by atoms with E-state index in [2.05, 4.69) is 5.32 Å². The van der Waals surface area contributed by atoms with Crippen molar-refractivity contribution >= 4 is 33.2 Å². The SMILES string of the molecule is CNCc1cc(S(=O)(=O)N(C)C(C)C(C)C)c(Cl)cc1Cl. The smallest absolute Gasteiger partial charge is 0.244 e. The van der Waals surface area contributed by atoms with E-state index in [-0.39, 0.29) is 21.9 Å². The highest BCUT2D eigenvalue weighted by Gasteiger charge is 2.29. The Kier molecular flexibility index (Phi) is 6.50. The molecule has 0 saturated carbocycles. The molecule has 0 spiro atoms. The molecule has 4 nitrogen and oxygen atoms in total. The normalized spacial score (nSPS) is 14.0. The third-order valence-electron chi connectivity index (χ3n) is 3.66. The molecule has 0 saturated heterocycles. The van der Waals surface area contributed by atoms with Crippen molar-refractivity contribution in [3.05, 3.63) is 27.7 Å². The fourth-order valence-electron chi connectivity index (χ4n) is 1.89. The van der Waals surface area contributed by atoms with Crippen LogP contribution in [0.4, 0.5) is 0 Å². The van der Waals surface area contributed by atoms with Gasteiger partial charge in [-0.25, -0.2) is 8.42 Å². The third-order valence-corrected chi connectivity index (χ3v) is 6.42. The molecule has 1 N–H and O–H groups in total. The zero-order chi connectivity index (χ0) is 16.4. The van der Waals surface area contributed by atoms with E-state index in [4.69, 9.17) is 23.2 Å². The number of benzene rings is 1. The van der Waals surface area contributed by atoms with Gasteiger partial charge in [0.05, 0.1) is 5.02 Å². The van der Waals surface area contributed by atoms with Crippen LogP contribution in [0.2, 0.25) is 10.0 Å². The van der Waals surface area contributed by atoms with Crippen LogP contribution in [0.3, 0.4) is 0 Å². The van der Waals surface area contributed by atoms with Crippen LogP contribution in [0.15, 0.2) is 17.0 Å². The van der Waals surface area contributed by atoms with Crippen molar-refractivity contribution in [3.63, 3.8) is 0 Å². The summed E-state index contributed by atoms with van der Waals surface area (Å²) in [6.07, 6.45) is 0. The average molecular weight is 353 g/mol. The van der Waals surface area contributed by atoms with E-state index >= 15 is 0 Å². The second-order valence-corrected chi connectivity index (χ2v) is 8.19. The van der Waals surface area contributed by atoms with Crippen molar-refractivity contribution in [2.45, 2.75) is 38.3 Å². The average Bonchev–Trinajstić information content (AvgIpc) is 2.39. The van der Waals surface area contributed by atoms with Crippen molar-refractivity contribution in [1.82, 2.24) is 9.62 Å². The summed E-state index contributed by atoms with van der Waals surface area (Å²) in [6, 6.07) is 2.89. The van der Waals surface area contributed by atoms with Gasteiger partial charge in [-0.2, -0.15) is 4.31 Å². The molecule has 0 radical (unpaired) electrons. The summed E-state index contributed by atoms with van der Waals surface area (Å²) in [6.45, 7) is 6.31. The Morgan fingerprint density at radius 2 is 1.76 bits per heavy atom. The molecule has 1 aromatic rings. The topological polar surface area (TPSA) is 49.4 Å². The Labute approximate surface area is 137 Å². The van der Waals surface area contributed by atoms with Crippen LogP contribution in [-0.4, -0.2) is 32.9 Å². The first-order valence-electron chi connectivity index (χ1n) is 6.73. The highest BCUT2D eigenvalue weighted by Crippen LogP contribution is 2.31. The van der Waals surface area contributed by atoms with Gasteiger partial charge < -0.3 is 5.32 Å². The zero-order valence-corrected chi connectivity index (χ0v) is 15.3. The molecule has 0 fully saturated rings. The van der Waals surface area contributed by atoms with E-state index in [0.29, 0.717) is 17.1 Å². The number of rotatable bonds is 6. The van der Waals surface area contributed by atoms with Gasteiger partial charge in [-0.15, -0.1) is 0 Å². The van der Waals surface area contributed by atoms with E-state index in [1.165, 1.54) is 10.4 Å². The van der Waals surface area contributed by atoms with Crippen LogP contribution in [0, 0.1) is 5.92 Å². The van der Waals surface area contributed by atoms with Gasteiger partial charge in [0, 0.05) is 24.7 Å². The summed E-state index contributed by atoms with van der Waals surface area (Å²) in [7, 11) is -0.314. The van der Waals surface area contributed by atoms with Gasteiger partial charge in [-0.1, -0.05) is 37.0 Å². The van der Waals surface area contributed by atoms with E-state index in [9.17, 15) is 8.42 Å². The lowest BCUT2D eigenvalue weighted by atomic mass is 10.1. The standard InChI is InChI=1S/C14H22Cl2N2O2S/c1-9(2)10(3)18(5)21(19,20)14-6-11(8-17-4)12(15)7-13(14)16/h6-7,9-10,17H,8H2,1-5H3. The first-order valence-corrected chi connectivity index (χ1v) is 8.93. The van der Waals surface area contributed by atoms with Gasteiger partial charge in [0.25, 0.3) is 0 Å². The van der Waals surface area contributed by atoms with Crippen LogP contribution >= 0.6 is 23.2 Å². The summed E-state index contributed by atoms with van der Waals surface area (Å²) in [4.78, 5) is 0.0915. The van der Waals surface area contributed by atoms with Gasteiger partial charge in [0.2, 0.25) is 10.0 Å². The molecule has 0 bridgehead atoms. The lowest BCUT2D eigenvalue weighted by Gasteiger charge is -2.27. The first kappa shape index (κ1) is 18.7. The van der Waals surface area contributed by atoms with Crippen LogP contribution in [0.5, 0.6) is 0 Å². The molecule has 0 aliphatic rings. The third kappa shape index (κ3) is 4.11. The van der Waals surface area contributed by atoms with Crippen LogP contribution in [0.1, 0.15) is 26.3 Å². The molecular weight excluding hydrogens is 331 g/mol. The number of nitrogens with zero attached hydrogens (tertiary/aromatic N) is 1. The van der Waals surface area contributed by atoms with Crippen LogP contribution < -0.4 is 5.32 Å². The predicted octanol–water partition coefficient (Wildman–Crippen LogP) is 3.38. The minimum Gasteiger partial charge on any atom is -0.316 e. The molecule has 0 amide bonds. The molecule has 0 heterocycles. The highest BCUT2D eigenvalue weighted by atomic mass is 35.5. The monoisotopic (exact) mass is 352 g/mol. The van der Waals surface area contributed by atoms with E-state index in [1.54, 1.807) is 20.2 Å². The quantitative estimate of drug-likeness (QED) is 0.853. The van der Waals surface area contributed by atoms with Gasteiger partial charge in [0.1, 0.15) is 4.90 Å². The number of hydrogen-bond acceptors (Lipinski definition) is 3. The number of sulfonamides is 1. The van der Waals surface area contributed by atoms with Crippen LogP contribution in [-0.2, 0) is 16.6 Å². The van der Waals surface area contributed by atoms with Crippen molar-refractivity contribution < 1.29 is 8.42 Å². The van der Waals surface area contributed by atoms with Gasteiger partial charge >= 0.3 is 0 Å². The maximum absolute atomic E-state index is 12.7. The summed E-state index contributed by atoms with van der Waals surface area (Å²) in [5, 5.41) is 3.55. The minimum absolute atomic E-state index is 0.0915. The van der Waals surface area contributed by atoms with E-state index < -0.39 is 10.0 Å². The molecule has 0 aliphatic carbocycles. The Balaban J connectivity index is 3.34. The Bertz CT molecular complexity index is 603. The summed E-state index contributed by atoms with van der Waals surface area (Å²) in [5.41, 5.74) is 0.702.